The van der Waals surface area contributed by atoms with Gasteiger partial charge in [0.25, 0.3) is 0 Å². The first-order chi connectivity index (χ1) is 10.7. The van der Waals surface area contributed by atoms with Gasteiger partial charge in [0, 0.05) is 17.4 Å². The van der Waals surface area contributed by atoms with Crippen LogP contribution < -0.4 is 10.5 Å². The molecule has 0 radical (unpaired) electrons. The third kappa shape index (κ3) is 4.90. The van der Waals surface area contributed by atoms with Gasteiger partial charge in [0.1, 0.15) is 11.5 Å². The van der Waals surface area contributed by atoms with Crippen molar-refractivity contribution < 1.29 is 9.53 Å². The molecule has 22 heavy (non-hydrogen) atoms. The van der Waals surface area contributed by atoms with Gasteiger partial charge in [-0.3, -0.25) is 4.79 Å². The van der Waals surface area contributed by atoms with Gasteiger partial charge in [-0.05, 0) is 23.3 Å². The van der Waals surface area contributed by atoms with Gasteiger partial charge >= 0.3 is 0 Å². The van der Waals surface area contributed by atoms with Gasteiger partial charge in [0.2, 0.25) is 0 Å². The highest BCUT2D eigenvalue weighted by Gasteiger charge is 2.15. The fraction of sp³-hybridized carbons (Fsp3) is 0.278. The summed E-state index contributed by atoms with van der Waals surface area (Å²) < 4.78 is 5.17. The minimum atomic E-state index is 0.0936. The van der Waals surface area contributed by atoms with Crippen molar-refractivity contribution in [2.45, 2.75) is 17.4 Å². The Morgan fingerprint density at radius 3 is 2.41 bits per heavy atom. The number of hydrogen-bond donors (Lipinski definition) is 1. The second-order valence-corrected chi connectivity index (χ2v) is 6.20. The van der Waals surface area contributed by atoms with Crippen molar-refractivity contribution in [1.29, 1.82) is 0 Å². The van der Waals surface area contributed by atoms with Gasteiger partial charge in [-0.2, -0.15) is 0 Å². The summed E-state index contributed by atoms with van der Waals surface area (Å²) >= 11 is 1.77. The molecule has 0 saturated heterocycles. The number of ketones is 1. The molecule has 0 aliphatic carbocycles. The maximum absolute atomic E-state index is 11.7. The van der Waals surface area contributed by atoms with Crippen molar-refractivity contribution in [3.63, 3.8) is 0 Å². The molecule has 1 atom stereocenters. The standard InChI is InChI=1S/C18H21NO2S/c1-21-17-9-7-14(8-10-17)13-22-18(11-16(20)12-19)15-5-3-2-4-6-15/h2-10,18H,11-13,19H2,1H3. The molecule has 2 N–H and O–H groups in total. The molecule has 0 aliphatic rings. The Morgan fingerprint density at radius 1 is 1.14 bits per heavy atom. The van der Waals surface area contributed by atoms with E-state index in [-0.39, 0.29) is 17.6 Å². The van der Waals surface area contributed by atoms with Crippen molar-refractivity contribution in [3.8, 4) is 5.75 Å². The number of benzene rings is 2. The van der Waals surface area contributed by atoms with Crippen LogP contribution in [0.1, 0.15) is 22.8 Å². The number of hydrogen-bond acceptors (Lipinski definition) is 4. The molecule has 3 nitrogen and oxygen atoms in total. The Morgan fingerprint density at radius 2 is 1.82 bits per heavy atom. The average Bonchev–Trinajstić information content (AvgIpc) is 2.59. The van der Waals surface area contributed by atoms with E-state index < -0.39 is 0 Å². The van der Waals surface area contributed by atoms with Crippen LogP contribution in [0.4, 0.5) is 0 Å². The summed E-state index contributed by atoms with van der Waals surface area (Å²) in [4.78, 5) is 11.7. The van der Waals surface area contributed by atoms with Crippen molar-refractivity contribution in [2.75, 3.05) is 13.7 Å². The Balaban J connectivity index is 2.04. The van der Waals surface area contributed by atoms with E-state index in [1.807, 2.05) is 30.3 Å². The lowest BCUT2D eigenvalue weighted by atomic mass is 10.1. The quantitative estimate of drug-likeness (QED) is 0.809. The molecular formula is C18H21NO2S. The van der Waals surface area contributed by atoms with Crippen LogP contribution in [0.25, 0.3) is 0 Å². The predicted molar refractivity (Wildman–Crippen MR) is 92.2 cm³/mol. The molecule has 2 rings (SSSR count). The molecule has 0 fully saturated rings. The fourth-order valence-electron chi connectivity index (χ4n) is 2.15. The number of methoxy groups -OCH3 is 1. The predicted octanol–water partition coefficient (Wildman–Crippen LogP) is 3.59. The van der Waals surface area contributed by atoms with E-state index >= 15 is 0 Å². The van der Waals surface area contributed by atoms with E-state index in [0.29, 0.717) is 6.42 Å². The molecule has 0 saturated carbocycles. The maximum atomic E-state index is 11.7. The second kappa shape index (κ2) is 8.61. The van der Waals surface area contributed by atoms with Gasteiger partial charge in [-0.15, -0.1) is 11.8 Å². The highest BCUT2D eigenvalue weighted by atomic mass is 32.2. The summed E-state index contributed by atoms with van der Waals surface area (Å²) in [5.41, 5.74) is 7.85. The Kier molecular flexibility index (Phi) is 6.49. The smallest absolute Gasteiger partial charge is 0.147 e. The molecule has 0 aliphatic heterocycles. The van der Waals surface area contributed by atoms with Crippen molar-refractivity contribution in [3.05, 3.63) is 65.7 Å². The maximum Gasteiger partial charge on any atom is 0.147 e. The molecule has 0 spiro atoms. The zero-order valence-corrected chi connectivity index (χ0v) is 13.5. The van der Waals surface area contributed by atoms with Crippen LogP contribution >= 0.6 is 11.8 Å². The molecule has 0 heterocycles. The second-order valence-electron chi connectivity index (χ2n) is 5.01. The zero-order valence-electron chi connectivity index (χ0n) is 12.7. The van der Waals surface area contributed by atoms with Gasteiger partial charge in [-0.25, -0.2) is 0 Å². The highest BCUT2D eigenvalue weighted by Crippen LogP contribution is 2.34. The molecule has 1 unspecified atom stereocenters. The van der Waals surface area contributed by atoms with Crippen molar-refractivity contribution in [2.24, 2.45) is 5.73 Å². The molecular weight excluding hydrogens is 294 g/mol. The number of carbonyl (C=O) groups excluding carboxylic acids is 1. The van der Waals surface area contributed by atoms with E-state index in [2.05, 4.69) is 24.3 Å². The summed E-state index contributed by atoms with van der Waals surface area (Å²) in [6.45, 7) is 0.104. The monoisotopic (exact) mass is 315 g/mol. The Labute approximate surface area is 135 Å². The SMILES string of the molecule is COc1ccc(CSC(CC(=O)CN)c2ccccc2)cc1. The first kappa shape index (κ1) is 16.6. The molecule has 0 bridgehead atoms. The number of nitrogens with two attached hydrogens (primary N) is 1. The fourth-order valence-corrected chi connectivity index (χ4v) is 3.39. The first-order valence-corrected chi connectivity index (χ1v) is 8.29. The average molecular weight is 315 g/mol. The Bertz CT molecular complexity index is 584. The van der Waals surface area contributed by atoms with Gasteiger partial charge in [0.05, 0.1) is 13.7 Å². The number of carbonyl (C=O) groups is 1. The molecule has 2 aromatic rings. The van der Waals surface area contributed by atoms with Crippen LogP contribution in [0.3, 0.4) is 0 Å². The van der Waals surface area contributed by atoms with E-state index in [4.69, 9.17) is 10.5 Å². The number of Topliss-reactive ketones (excluding diaryl/α,β-unsaturated/α-hetero) is 1. The summed E-state index contributed by atoms with van der Waals surface area (Å²) in [6, 6.07) is 18.1. The van der Waals surface area contributed by atoms with Crippen LogP contribution in [-0.4, -0.2) is 19.4 Å². The number of ether oxygens (including phenoxy) is 1. The summed E-state index contributed by atoms with van der Waals surface area (Å²) in [5, 5.41) is 0.138. The normalized spacial score (nSPS) is 11.9. The van der Waals surface area contributed by atoms with Crippen LogP contribution in [-0.2, 0) is 10.5 Å². The third-order valence-electron chi connectivity index (χ3n) is 3.42. The van der Waals surface area contributed by atoms with Crippen molar-refractivity contribution >= 4 is 17.5 Å². The van der Waals surface area contributed by atoms with Crippen LogP contribution in [0.2, 0.25) is 0 Å². The van der Waals surface area contributed by atoms with Gasteiger partial charge in [-0.1, -0.05) is 42.5 Å². The number of rotatable bonds is 8. The molecule has 2 aromatic carbocycles. The lowest BCUT2D eigenvalue weighted by molar-refractivity contribution is -0.117. The van der Waals surface area contributed by atoms with E-state index in [0.717, 1.165) is 11.5 Å². The third-order valence-corrected chi connectivity index (χ3v) is 4.76. The molecule has 0 amide bonds. The molecule has 0 aromatic heterocycles. The minimum absolute atomic E-state index is 0.0936. The van der Waals surface area contributed by atoms with E-state index in [1.54, 1.807) is 18.9 Å². The van der Waals surface area contributed by atoms with Crippen molar-refractivity contribution in [1.82, 2.24) is 0 Å². The first-order valence-electron chi connectivity index (χ1n) is 7.24. The summed E-state index contributed by atoms with van der Waals surface area (Å²) in [5.74, 6) is 1.80. The minimum Gasteiger partial charge on any atom is -0.497 e. The van der Waals surface area contributed by atoms with Gasteiger partial charge < -0.3 is 10.5 Å². The Hall–Kier alpha value is -1.78. The molecule has 4 heteroatoms. The number of thioether (sulfide) groups is 1. The van der Waals surface area contributed by atoms with Gasteiger partial charge in [0.15, 0.2) is 0 Å². The topological polar surface area (TPSA) is 52.3 Å². The van der Waals surface area contributed by atoms with Crippen LogP contribution in [0, 0.1) is 0 Å². The van der Waals surface area contributed by atoms with E-state index in [1.165, 1.54) is 11.1 Å². The molecule has 116 valence electrons. The van der Waals surface area contributed by atoms with E-state index in [9.17, 15) is 4.79 Å². The van der Waals surface area contributed by atoms with Crippen LogP contribution in [0.15, 0.2) is 54.6 Å². The largest absolute Gasteiger partial charge is 0.497 e. The summed E-state index contributed by atoms with van der Waals surface area (Å²) in [6.07, 6.45) is 0.474. The lowest BCUT2D eigenvalue weighted by Gasteiger charge is -2.16. The highest BCUT2D eigenvalue weighted by molar-refractivity contribution is 7.98. The summed E-state index contributed by atoms with van der Waals surface area (Å²) in [7, 11) is 1.66. The zero-order chi connectivity index (χ0) is 15.8. The lowest BCUT2D eigenvalue weighted by Crippen LogP contribution is -2.15. The van der Waals surface area contributed by atoms with Crippen LogP contribution in [0.5, 0.6) is 5.75 Å².